The van der Waals surface area contributed by atoms with Crippen molar-refractivity contribution in [3.8, 4) is 11.5 Å². The van der Waals surface area contributed by atoms with Gasteiger partial charge in [0.15, 0.2) is 11.5 Å². The first-order valence-corrected chi connectivity index (χ1v) is 4.91. The van der Waals surface area contributed by atoms with E-state index >= 15 is 0 Å². The second-order valence-corrected chi connectivity index (χ2v) is 3.27. The summed E-state index contributed by atoms with van der Waals surface area (Å²) in [6.45, 7) is -0.0398. The van der Waals surface area contributed by atoms with Crippen LogP contribution in [0, 0.1) is 0 Å². The first-order valence-electron chi connectivity index (χ1n) is 4.91. The van der Waals surface area contributed by atoms with Gasteiger partial charge in [-0.3, -0.25) is 4.79 Å². The molecule has 0 radical (unpaired) electrons. The Morgan fingerprint density at radius 1 is 1.25 bits per heavy atom. The number of hydrogen-bond donors (Lipinski definition) is 3. The summed E-state index contributed by atoms with van der Waals surface area (Å²) in [5.74, 6) is -0.828. The maximum atomic E-state index is 10.9. The lowest BCUT2D eigenvalue weighted by Crippen LogP contribution is -2.09. The number of aliphatic hydroxyl groups excluding tert-OH is 1. The molecule has 1 rings (SSSR count). The van der Waals surface area contributed by atoms with Crippen molar-refractivity contribution in [3.05, 3.63) is 23.8 Å². The topological polar surface area (TPSA) is 87.0 Å². The third kappa shape index (κ3) is 3.78. The molecule has 1 aromatic carbocycles. The molecule has 0 aliphatic rings. The number of esters is 1. The van der Waals surface area contributed by atoms with Crippen molar-refractivity contribution in [2.45, 2.75) is 12.8 Å². The van der Waals surface area contributed by atoms with E-state index in [-0.39, 0.29) is 31.1 Å². The third-order valence-electron chi connectivity index (χ3n) is 2.01. The van der Waals surface area contributed by atoms with Gasteiger partial charge in [0.1, 0.15) is 0 Å². The molecule has 0 saturated heterocycles. The van der Waals surface area contributed by atoms with Gasteiger partial charge in [-0.05, 0) is 17.7 Å². The molecule has 1 aromatic rings. The Kier molecular flexibility index (Phi) is 4.60. The minimum absolute atomic E-state index is 0.0131. The van der Waals surface area contributed by atoms with E-state index < -0.39 is 5.97 Å². The molecule has 3 N–H and O–H groups in total. The summed E-state index contributed by atoms with van der Waals surface area (Å²) in [6.07, 6.45) is 0.436. The van der Waals surface area contributed by atoms with Crippen LogP contribution < -0.4 is 0 Å². The monoisotopic (exact) mass is 226 g/mol. The van der Waals surface area contributed by atoms with Crippen molar-refractivity contribution < 1.29 is 24.9 Å². The Morgan fingerprint density at radius 2 is 2.00 bits per heavy atom. The molecule has 0 heterocycles. The van der Waals surface area contributed by atoms with Gasteiger partial charge in [0.05, 0.1) is 19.6 Å². The Bertz CT molecular complexity index is 361. The molecule has 0 aliphatic heterocycles. The number of phenolic OH excluding ortho intramolecular Hbond substituents is 2. The van der Waals surface area contributed by atoms with Crippen molar-refractivity contribution >= 4 is 5.97 Å². The summed E-state index contributed by atoms with van der Waals surface area (Å²) >= 11 is 0. The lowest BCUT2D eigenvalue weighted by Gasteiger charge is -2.05. The van der Waals surface area contributed by atoms with Crippen molar-refractivity contribution in [2.24, 2.45) is 0 Å². The van der Waals surface area contributed by atoms with Crippen LogP contribution in [0.15, 0.2) is 18.2 Å². The molecule has 0 aromatic heterocycles. The number of hydrogen-bond acceptors (Lipinski definition) is 5. The number of aromatic hydroxyl groups is 2. The van der Waals surface area contributed by atoms with Crippen LogP contribution in [0.1, 0.15) is 12.0 Å². The second-order valence-electron chi connectivity index (χ2n) is 3.27. The lowest BCUT2D eigenvalue weighted by atomic mass is 10.1. The molecular formula is C11H14O5. The minimum Gasteiger partial charge on any atom is -0.504 e. The zero-order valence-corrected chi connectivity index (χ0v) is 8.72. The van der Waals surface area contributed by atoms with E-state index in [0.29, 0.717) is 6.42 Å². The predicted molar refractivity (Wildman–Crippen MR) is 56.1 cm³/mol. The van der Waals surface area contributed by atoms with Gasteiger partial charge in [0.25, 0.3) is 0 Å². The van der Waals surface area contributed by atoms with Crippen LogP contribution >= 0.6 is 0 Å². The van der Waals surface area contributed by atoms with E-state index in [2.05, 4.69) is 0 Å². The molecule has 0 unspecified atom stereocenters. The van der Waals surface area contributed by atoms with Gasteiger partial charge in [0.2, 0.25) is 0 Å². The molecular weight excluding hydrogens is 212 g/mol. The number of benzene rings is 1. The van der Waals surface area contributed by atoms with E-state index in [4.69, 9.17) is 14.9 Å². The number of carbonyl (C=O) groups is 1. The second kappa shape index (κ2) is 5.97. The summed E-state index contributed by atoms with van der Waals surface area (Å²) in [7, 11) is 0. The molecule has 5 nitrogen and oxygen atoms in total. The Labute approximate surface area is 92.9 Å². The van der Waals surface area contributed by atoms with Gasteiger partial charge >= 0.3 is 5.97 Å². The first kappa shape index (κ1) is 12.3. The number of aliphatic hydroxyl groups is 1. The van der Waals surface area contributed by atoms with E-state index in [0.717, 1.165) is 5.56 Å². The van der Waals surface area contributed by atoms with Crippen LogP contribution in [0.2, 0.25) is 0 Å². The van der Waals surface area contributed by atoms with E-state index in [1.807, 2.05) is 0 Å². The van der Waals surface area contributed by atoms with Crippen molar-refractivity contribution in [2.75, 3.05) is 13.2 Å². The van der Waals surface area contributed by atoms with Crippen molar-refractivity contribution in [3.63, 3.8) is 0 Å². The summed E-state index contributed by atoms with van der Waals surface area (Å²) < 4.78 is 4.81. The summed E-state index contributed by atoms with van der Waals surface area (Å²) in [5.41, 5.74) is 0.757. The fourth-order valence-corrected chi connectivity index (χ4v) is 1.17. The lowest BCUT2D eigenvalue weighted by molar-refractivity contribution is -0.144. The largest absolute Gasteiger partial charge is 0.504 e. The van der Waals surface area contributed by atoms with Crippen LogP contribution in [0.25, 0.3) is 0 Å². The third-order valence-corrected chi connectivity index (χ3v) is 2.01. The van der Waals surface area contributed by atoms with Gasteiger partial charge in [-0.15, -0.1) is 0 Å². The molecule has 0 amide bonds. The zero-order chi connectivity index (χ0) is 12.0. The zero-order valence-electron chi connectivity index (χ0n) is 8.72. The predicted octanol–water partition coefficient (Wildman–Crippen LogP) is 0.566. The highest BCUT2D eigenvalue weighted by Crippen LogP contribution is 2.24. The van der Waals surface area contributed by atoms with Gasteiger partial charge in [0, 0.05) is 6.42 Å². The van der Waals surface area contributed by atoms with Gasteiger partial charge in [-0.2, -0.15) is 0 Å². The van der Waals surface area contributed by atoms with E-state index in [9.17, 15) is 9.90 Å². The molecule has 0 fully saturated rings. The highest BCUT2D eigenvalue weighted by atomic mass is 16.5. The SMILES string of the molecule is O=C(CCO)OCCc1ccc(O)c(O)c1. The molecule has 0 saturated carbocycles. The summed E-state index contributed by atoms with van der Waals surface area (Å²) in [6, 6.07) is 4.42. The smallest absolute Gasteiger partial charge is 0.308 e. The average molecular weight is 226 g/mol. The van der Waals surface area contributed by atoms with Gasteiger partial charge < -0.3 is 20.1 Å². The maximum Gasteiger partial charge on any atom is 0.308 e. The molecule has 88 valence electrons. The summed E-state index contributed by atoms with van der Waals surface area (Å²) in [5, 5.41) is 26.7. The van der Waals surface area contributed by atoms with Crippen molar-refractivity contribution in [1.29, 1.82) is 0 Å². The van der Waals surface area contributed by atoms with E-state index in [1.54, 1.807) is 6.07 Å². The molecule has 0 aliphatic carbocycles. The molecule has 16 heavy (non-hydrogen) atoms. The Balaban J connectivity index is 2.37. The first-order chi connectivity index (χ1) is 7.63. The standard InChI is InChI=1S/C11H14O5/c12-5-3-11(15)16-6-4-8-1-2-9(13)10(14)7-8/h1-2,7,12-14H,3-6H2. The quantitative estimate of drug-likeness (QED) is 0.504. The minimum atomic E-state index is -0.453. The molecule has 0 atom stereocenters. The Morgan fingerprint density at radius 3 is 2.62 bits per heavy atom. The van der Waals surface area contributed by atoms with Gasteiger partial charge in [-0.25, -0.2) is 0 Å². The molecule has 5 heteroatoms. The van der Waals surface area contributed by atoms with Crippen LogP contribution in [-0.2, 0) is 16.0 Å². The van der Waals surface area contributed by atoms with E-state index in [1.165, 1.54) is 12.1 Å². The average Bonchev–Trinajstić information content (AvgIpc) is 2.24. The number of ether oxygens (including phenoxy) is 1. The van der Waals surface area contributed by atoms with Gasteiger partial charge in [-0.1, -0.05) is 6.07 Å². The molecule has 0 spiro atoms. The highest BCUT2D eigenvalue weighted by molar-refractivity contribution is 5.69. The van der Waals surface area contributed by atoms with Crippen LogP contribution in [0.3, 0.4) is 0 Å². The Hall–Kier alpha value is -1.75. The van der Waals surface area contributed by atoms with Crippen LogP contribution in [-0.4, -0.2) is 34.5 Å². The molecule has 0 bridgehead atoms. The highest BCUT2D eigenvalue weighted by Gasteiger charge is 2.03. The fourth-order valence-electron chi connectivity index (χ4n) is 1.17. The number of phenols is 2. The van der Waals surface area contributed by atoms with Crippen LogP contribution in [0.4, 0.5) is 0 Å². The van der Waals surface area contributed by atoms with Crippen LogP contribution in [0.5, 0.6) is 11.5 Å². The summed E-state index contributed by atoms with van der Waals surface area (Å²) in [4.78, 5) is 10.9. The maximum absolute atomic E-state index is 10.9. The number of rotatable bonds is 5. The number of carbonyl (C=O) groups excluding carboxylic acids is 1. The fraction of sp³-hybridized carbons (Fsp3) is 0.364. The normalized spacial score (nSPS) is 10.1. The van der Waals surface area contributed by atoms with Crippen molar-refractivity contribution in [1.82, 2.24) is 0 Å².